The lowest BCUT2D eigenvalue weighted by Crippen LogP contribution is -2.38. The molecule has 7 nitrogen and oxygen atoms in total. The number of aromatic nitrogens is 1. The van der Waals surface area contributed by atoms with E-state index in [1.807, 2.05) is 31.2 Å². The third kappa shape index (κ3) is 8.04. The van der Waals surface area contributed by atoms with Crippen LogP contribution in [0.25, 0.3) is 0 Å². The maximum atomic E-state index is 11.1. The fourth-order valence-corrected chi connectivity index (χ4v) is 2.90. The van der Waals surface area contributed by atoms with Crippen LogP contribution in [0.5, 0.6) is 0 Å². The van der Waals surface area contributed by atoms with Crippen LogP contribution in [0.2, 0.25) is 0 Å². The molecule has 0 saturated heterocycles. The average molecular weight is 513 g/mol. The summed E-state index contributed by atoms with van der Waals surface area (Å²) in [5.74, 6) is 1.63. The van der Waals surface area contributed by atoms with Gasteiger partial charge in [-0.2, -0.15) is 0 Å². The Hall–Kier alpha value is -2.10. The highest BCUT2D eigenvalue weighted by Crippen LogP contribution is 2.16. The van der Waals surface area contributed by atoms with Crippen molar-refractivity contribution in [3.63, 3.8) is 0 Å². The Morgan fingerprint density at radius 2 is 1.83 bits per heavy atom. The van der Waals surface area contributed by atoms with Crippen molar-refractivity contribution in [2.24, 2.45) is 4.99 Å². The standard InChI is InChI=1S/C21H31N5O2.HI/c1-5-19-18(20(6-2)28-26-19)14-24-21(22-7-3)23-13-12-16-8-10-17(11-9-16)25-15(4)27;/h8-11H,5-7,12-14H2,1-4H3,(H,25,27)(H2,22,23,24);1H. The molecule has 0 aliphatic rings. The summed E-state index contributed by atoms with van der Waals surface area (Å²) in [6.07, 6.45) is 2.52. The van der Waals surface area contributed by atoms with E-state index in [2.05, 4.69) is 35.0 Å². The number of nitrogens with zero attached hydrogens (tertiary/aromatic N) is 2. The van der Waals surface area contributed by atoms with Gasteiger partial charge in [0, 0.05) is 37.7 Å². The molecule has 0 aliphatic heterocycles. The third-order valence-corrected chi connectivity index (χ3v) is 4.33. The molecule has 2 aromatic rings. The molecular formula is C21H32IN5O2. The van der Waals surface area contributed by atoms with Crippen molar-refractivity contribution >= 4 is 41.5 Å². The Kier molecular flexibility index (Phi) is 11.3. The van der Waals surface area contributed by atoms with Crippen molar-refractivity contribution in [2.45, 2.75) is 53.5 Å². The van der Waals surface area contributed by atoms with Gasteiger partial charge in [-0.3, -0.25) is 4.79 Å². The Morgan fingerprint density at radius 3 is 2.41 bits per heavy atom. The van der Waals surface area contributed by atoms with Crippen LogP contribution in [0.15, 0.2) is 33.8 Å². The monoisotopic (exact) mass is 513 g/mol. The number of hydrogen-bond acceptors (Lipinski definition) is 4. The minimum atomic E-state index is -0.0637. The first-order valence-corrected chi connectivity index (χ1v) is 9.92. The Labute approximate surface area is 190 Å². The van der Waals surface area contributed by atoms with Gasteiger partial charge in [-0.05, 0) is 37.5 Å². The first-order chi connectivity index (χ1) is 13.6. The molecule has 8 heteroatoms. The summed E-state index contributed by atoms with van der Waals surface area (Å²) in [7, 11) is 0. The molecule has 0 aliphatic carbocycles. The second kappa shape index (κ2) is 13.2. The molecule has 1 amide bonds. The van der Waals surface area contributed by atoms with Gasteiger partial charge in [-0.25, -0.2) is 4.99 Å². The van der Waals surface area contributed by atoms with E-state index in [0.717, 1.165) is 61.0 Å². The summed E-state index contributed by atoms with van der Waals surface area (Å²) < 4.78 is 5.41. The molecule has 0 unspecified atom stereocenters. The smallest absolute Gasteiger partial charge is 0.221 e. The minimum absolute atomic E-state index is 0. The maximum Gasteiger partial charge on any atom is 0.221 e. The second-order valence-electron chi connectivity index (χ2n) is 6.49. The van der Waals surface area contributed by atoms with E-state index in [0.29, 0.717) is 6.54 Å². The average Bonchev–Trinajstić information content (AvgIpc) is 3.09. The number of halogens is 1. The summed E-state index contributed by atoms with van der Waals surface area (Å²) in [6.45, 7) is 9.80. The molecule has 1 aromatic carbocycles. The summed E-state index contributed by atoms with van der Waals surface area (Å²) in [6, 6.07) is 7.88. The Bertz CT molecular complexity index is 765. The summed E-state index contributed by atoms with van der Waals surface area (Å²) in [4.78, 5) is 15.8. The first kappa shape index (κ1) is 24.9. The molecule has 1 heterocycles. The molecule has 3 N–H and O–H groups in total. The Morgan fingerprint density at radius 1 is 1.10 bits per heavy atom. The molecule has 0 spiro atoms. The molecule has 0 saturated carbocycles. The van der Waals surface area contributed by atoms with Crippen LogP contribution in [0.4, 0.5) is 5.69 Å². The molecule has 160 valence electrons. The fraction of sp³-hybridized carbons (Fsp3) is 0.476. The van der Waals surface area contributed by atoms with Crippen LogP contribution in [0.3, 0.4) is 0 Å². The number of hydrogen-bond donors (Lipinski definition) is 3. The summed E-state index contributed by atoms with van der Waals surface area (Å²) in [5, 5.41) is 13.6. The molecule has 0 bridgehead atoms. The van der Waals surface area contributed by atoms with Crippen LogP contribution in [0, 0.1) is 0 Å². The number of carbonyl (C=O) groups is 1. The number of rotatable bonds is 9. The molecule has 2 rings (SSSR count). The maximum absolute atomic E-state index is 11.1. The molecule has 0 fully saturated rings. The van der Waals surface area contributed by atoms with E-state index in [-0.39, 0.29) is 29.9 Å². The van der Waals surface area contributed by atoms with E-state index in [1.54, 1.807) is 0 Å². The fourth-order valence-electron chi connectivity index (χ4n) is 2.90. The SMILES string of the molecule is CCNC(=NCc1c(CC)noc1CC)NCCc1ccc(NC(C)=O)cc1.I. The van der Waals surface area contributed by atoms with Crippen molar-refractivity contribution in [1.82, 2.24) is 15.8 Å². The first-order valence-electron chi connectivity index (χ1n) is 9.92. The van der Waals surface area contributed by atoms with E-state index >= 15 is 0 Å². The topological polar surface area (TPSA) is 91.6 Å². The van der Waals surface area contributed by atoms with Crippen molar-refractivity contribution in [3.05, 3.63) is 46.8 Å². The number of aliphatic imine (C=N–C) groups is 1. The van der Waals surface area contributed by atoms with E-state index in [1.165, 1.54) is 12.5 Å². The van der Waals surface area contributed by atoms with Gasteiger partial charge in [0.1, 0.15) is 5.76 Å². The number of benzene rings is 1. The number of anilines is 1. The molecule has 29 heavy (non-hydrogen) atoms. The van der Waals surface area contributed by atoms with Crippen molar-refractivity contribution < 1.29 is 9.32 Å². The van der Waals surface area contributed by atoms with Gasteiger partial charge in [0.05, 0.1) is 12.2 Å². The largest absolute Gasteiger partial charge is 0.361 e. The highest BCUT2D eigenvalue weighted by atomic mass is 127. The highest BCUT2D eigenvalue weighted by Gasteiger charge is 2.13. The van der Waals surface area contributed by atoms with Crippen LogP contribution in [-0.2, 0) is 30.6 Å². The van der Waals surface area contributed by atoms with Crippen LogP contribution < -0.4 is 16.0 Å². The van der Waals surface area contributed by atoms with Gasteiger partial charge in [0.15, 0.2) is 5.96 Å². The van der Waals surface area contributed by atoms with E-state index < -0.39 is 0 Å². The minimum Gasteiger partial charge on any atom is -0.361 e. The van der Waals surface area contributed by atoms with Crippen molar-refractivity contribution in [3.8, 4) is 0 Å². The predicted molar refractivity (Wildman–Crippen MR) is 128 cm³/mol. The van der Waals surface area contributed by atoms with Gasteiger partial charge in [0.2, 0.25) is 5.91 Å². The lowest BCUT2D eigenvalue weighted by atomic mass is 10.1. The Balaban J connectivity index is 0.00000420. The zero-order valence-electron chi connectivity index (χ0n) is 17.7. The number of aryl methyl sites for hydroxylation is 2. The lowest BCUT2D eigenvalue weighted by Gasteiger charge is -2.12. The third-order valence-electron chi connectivity index (χ3n) is 4.33. The van der Waals surface area contributed by atoms with E-state index in [9.17, 15) is 4.79 Å². The molecular weight excluding hydrogens is 481 g/mol. The molecule has 0 atom stereocenters. The summed E-state index contributed by atoms with van der Waals surface area (Å²) >= 11 is 0. The van der Waals surface area contributed by atoms with Crippen molar-refractivity contribution in [2.75, 3.05) is 18.4 Å². The number of amides is 1. The second-order valence-corrected chi connectivity index (χ2v) is 6.49. The summed E-state index contributed by atoms with van der Waals surface area (Å²) in [5.41, 5.74) is 4.08. The highest BCUT2D eigenvalue weighted by molar-refractivity contribution is 14.0. The lowest BCUT2D eigenvalue weighted by molar-refractivity contribution is -0.114. The van der Waals surface area contributed by atoms with Crippen LogP contribution in [0.1, 0.15) is 50.3 Å². The van der Waals surface area contributed by atoms with Gasteiger partial charge < -0.3 is 20.5 Å². The van der Waals surface area contributed by atoms with Gasteiger partial charge in [-0.15, -0.1) is 24.0 Å². The zero-order valence-corrected chi connectivity index (χ0v) is 20.0. The van der Waals surface area contributed by atoms with E-state index in [4.69, 9.17) is 9.52 Å². The predicted octanol–water partition coefficient (Wildman–Crippen LogP) is 3.67. The van der Waals surface area contributed by atoms with Gasteiger partial charge in [-0.1, -0.05) is 31.1 Å². The number of nitrogens with one attached hydrogen (secondary N) is 3. The molecule has 1 aromatic heterocycles. The quantitative estimate of drug-likeness (QED) is 0.271. The zero-order chi connectivity index (χ0) is 20.4. The van der Waals surface area contributed by atoms with Gasteiger partial charge in [0.25, 0.3) is 0 Å². The van der Waals surface area contributed by atoms with Crippen LogP contribution >= 0.6 is 24.0 Å². The molecule has 0 radical (unpaired) electrons. The van der Waals surface area contributed by atoms with Crippen molar-refractivity contribution in [1.29, 1.82) is 0 Å². The normalized spacial score (nSPS) is 11.0. The number of carbonyl (C=O) groups excluding carboxylic acids is 1. The number of guanidine groups is 1. The van der Waals surface area contributed by atoms with Gasteiger partial charge >= 0.3 is 0 Å². The van der Waals surface area contributed by atoms with Crippen LogP contribution in [-0.4, -0.2) is 30.1 Å².